The normalized spacial score (nSPS) is 17.2. The third kappa shape index (κ3) is 4.03. The first-order valence-corrected chi connectivity index (χ1v) is 8.59. The standard InChI is InChI=1S/C18H30N4O/c1-4-18(9-6-10-18)12-21-13(2)22-16-14(11-19)7-5-8-15(16)17(23)20-3/h5,7-8,13,21-22H,4,6,9-12,19H2,1-3H3,(H,20,23). The smallest absolute Gasteiger partial charge is 0.253 e. The Morgan fingerprint density at radius 3 is 2.65 bits per heavy atom. The van der Waals surface area contributed by atoms with Crippen LogP contribution in [-0.4, -0.2) is 25.7 Å². The van der Waals surface area contributed by atoms with Crippen molar-refractivity contribution in [2.45, 2.75) is 52.2 Å². The maximum atomic E-state index is 12.1. The van der Waals surface area contributed by atoms with Gasteiger partial charge < -0.3 is 16.4 Å². The first-order chi connectivity index (χ1) is 11.0. The minimum atomic E-state index is -0.0981. The second-order valence-electron chi connectivity index (χ2n) is 6.58. The molecule has 5 N–H and O–H groups in total. The highest BCUT2D eigenvalue weighted by Crippen LogP contribution is 2.43. The number of rotatable bonds is 8. The molecule has 1 aromatic rings. The van der Waals surface area contributed by atoms with Crippen molar-refractivity contribution < 1.29 is 4.79 Å². The van der Waals surface area contributed by atoms with Crippen molar-refractivity contribution in [3.05, 3.63) is 29.3 Å². The predicted octanol–water partition coefficient (Wildman–Crippen LogP) is 2.43. The topological polar surface area (TPSA) is 79.2 Å². The summed E-state index contributed by atoms with van der Waals surface area (Å²) in [6, 6.07) is 5.66. The molecule has 5 heteroatoms. The van der Waals surface area contributed by atoms with E-state index in [0.29, 0.717) is 17.5 Å². The fourth-order valence-corrected chi connectivity index (χ4v) is 3.23. The molecule has 1 fully saturated rings. The van der Waals surface area contributed by atoms with Crippen molar-refractivity contribution in [3.63, 3.8) is 0 Å². The molecule has 1 unspecified atom stereocenters. The van der Waals surface area contributed by atoms with Gasteiger partial charge in [0.05, 0.1) is 17.4 Å². The molecule has 1 aliphatic rings. The van der Waals surface area contributed by atoms with E-state index in [2.05, 4.69) is 29.8 Å². The summed E-state index contributed by atoms with van der Waals surface area (Å²) >= 11 is 0. The van der Waals surface area contributed by atoms with Gasteiger partial charge >= 0.3 is 0 Å². The molecule has 0 aromatic heterocycles. The molecule has 0 saturated heterocycles. The highest BCUT2D eigenvalue weighted by molar-refractivity contribution is 6.00. The van der Waals surface area contributed by atoms with Crippen LogP contribution in [0.1, 0.15) is 55.5 Å². The fraction of sp³-hybridized carbons (Fsp3) is 0.611. The minimum absolute atomic E-state index is 0.0788. The minimum Gasteiger partial charge on any atom is -0.369 e. The highest BCUT2D eigenvalue weighted by atomic mass is 16.1. The van der Waals surface area contributed by atoms with Crippen LogP contribution < -0.4 is 21.7 Å². The number of hydrogen-bond acceptors (Lipinski definition) is 4. The number of nitrogens with two attached hydrogens (primary N) is 1. The molecule has 23 heavy (non-hydrogen) atoms. The Balaban J connectivity index is 2.07. The lowest BCUT2D eigenvalue weighted by Gasteiger charge is -2.42. The number of benzene rings is 1. The molecule has 0 spiro atoms. The molecule has 0 radical (unpaired) electrons. The molecule has 1 amide bonds. The summed E-state index contributed by atoms with van der Waals surface area (Å²) < 4.78 is 0. The average molecular weight is 318 g/mol. The van der Waals surface area contributed by atoms with E-state index in [1.54, 1.807) is 7.05 Å². The fourth-order valence-electron chi connectivity index (χ4n) is 3.23. The van der Waals surface area contributed by atoms with E-state index in [1.165, 1.54) is 25.7 Å². The maximum Gasteiger partial charge on any atom is 0.253 e. The van der Waals surface area contributed by atoms with Gasteiger partial charge in [0.1, 0.15) is 0 Å². The van der Waals surface area contributed by atoms with Gasteiger partial charge in [-0.25, -0.2) is 0 Å². The maximum absolute atomic E-state index is 12.1. The lowest BCUT2D eigenvalue weighted by Crippen LogP contribution is -2.45. The largest absolute Gasteiger partial charge is 0.369 e. The van der Waals surface area contributed by atoms with E-state index >= 15 is 0 Å². The zero-order valence-corrected chi connectivity index (χ0v) is 14.5. The SMILES string of the molecule is CCC1(CNC(C)Nc2c(CN)cccc2C(=O)NC)CCC1. The summed E-state index contributed by atoms with van der Waals surface area (Å²) in [5.41, 5.74) is 8.72. The number of hydrogen-bond donors (Lipinski definition) is 4. The van der Waals surface area contributed by atoms with Crippen LogP contribution in [0.5, 0.6) is 0 Å². The Labute approximate surface area is 139 Å². The van der Waals surface area contributed by atoms with Gasteiger partial charge in [-0.1, -0.05) is 25.5 Å². The average Bonchev–Trinajstić information content (AvgIpc) is 2.53. The quantitative estimate of drug-likeness (QED) is 0.555. The Kier molecular flexibility index (Phi) is 6.02. The Hall–Kier alpha value is -1.59. The number of carbonyl (C=O) groups excluding carboxylic acids is 1. The second kappa shape index (κ2) is 7.79. The van der Waals surface area contributed by atoms with Gasteiger partial charge in [0.15, 0.2) is 0 Å². The summed E-state index contributed by atoms with van der Waals surface area (Å²) in [6.45, 7) is 5.77. The van der Waals surface area contributed by atoms with Crippen LogP contribution in [0.4, 0.5) is 5.69 Å². The van der Waals surface area contributed by atoms with Crippen LogP contribution in [0.2, 0.25) is 0 Å². The van der Waals surface area contributed by atoms with Gasteiger partial charge in [-0.15, -0.1) is 0 Å². The first-order valence-electron chi connectivity index (χ1n) is 8.59. The second-order valence-corrected chi connectivity index (χ2v) is 6.58. The van der Waals surface area contributed by atoms with Crippen LogP contribution >= 0.6 is 0 Å². The van der Waals surface area contributed by atoms with Gasteiger partial charge in [0.2, 0.25) is 0 Å². The van der Waals surface area contributed by atoms with Gasteiger partial charge in [-0.2, -0.15) is 0 Å². The third-order valence-electron chi connectivity index (χ3n) is 5.15. The summed E-state index contributed by atoms with van der Waals surface area (Å²) in [5, 5.41) is 9.70. The summed E-state index contributed by atoms with van der Waals surface area (Å²) in [4.78, 5) is 12.1. The molecule has 2 rings (SSSR count). The molecule has 0 heterocycles. The van der Waals surface area contributed by atoms with E-state index in [1.807, 2.05) is 18.2 Å². The lowest BCUT2D eigenvalue weighted by molar-refractivity contribution is 0.0963. The molecular formula is C18H30N4O. The molecule has 128 valence electrons. The monoisotopic (exact) mass is 318 g/mol. The lowest BCUT2D eigenvalue weighted by atomic mass is 9.67. The van der Waals surface area contributed by atoms with Crippen molar-refractivity contribution >= 4 is 11.6 Å². The van der Waals surface area contributed by atoms with Gasteiger partial charge in [-0.3, -0.25) is 10.1 Å². The number of anilines is 1. The zero-order chi connectivity index (χ0) is 16.9. The molecule has 1 aliphatic carbocycles. The first kappa shape index (κ1) is 17.8. The van der Waals surface area contributed by atoms with E-state index in [-0.39, 0.29) is 12.1 Å². The van der Waals surface area contributed by atoms with Crippen LogP contribution in [0.3, 0.4) is 0 Å². The Bertz CT molecular complexity index is 534. The summed E-state index contributed by atoms with van der Waals surface area (Å²) in [7, 11) is 1.64. The van der Waals surface area contributed by atoms with Crippen molar-refractivity contribution in [1.82, 2.24) is 10.6 Å². The highest BCUT2D eigenvalue weighted by Gasteiger charge is 2.34. The molecular weight excluding hydrogens is 288 g/mol. The number of amides is 1. The van der Waals surface area contributed by atoms with Crippen LogP contribution in [0.15, 0.2) is 18.2 Å². The summed E-state index contributed by atoms with van der Waals surface area (Å²) in [6.07, 6.45) is 5.26. The Morgan fingerprint density at radius 2 is 2.13 bits per heavy atom. The molecule has 0 bridgehead atoms. The molecule has 5 nitrogen and oxygen atoms in total. The van der Waals surface area contributed by atoms with Gasteiger partial charge in [0, 0.05) is 20.1 Å². The van der Waals surface area contributed by atoms with Crippen LogP contribution in [0, 0.1) is 5.41 Å². The molecule has 1 saturated carbocycles. The number of para-hydroxylation sites is 1. The third-order valence-corrected chi connectivity index (χ3v) is 5.15. The Morgan fingerprint density at radius 1 is 1.39 bits per heavy atom. The van der Waals surface area contributed by atoms with E-state index in [4.69, 9.17) is 5.73 Å². The number of carbonyl (C=O) groups is 1. The van der Waals surface area contributed by atoms with Gasteiger partial charge in [-0.05, 0) is 43.2 Å². The summed E-state index contributed by atoms with van der Waals surface area (Å²) in [5.74, 6) is -0.0981. The molecule has 0 aliphatic heterocycles. The predicted molar refractivity (Wildman–Crippen MR) is 95.4 cm³/mol. The van der Waals surface area contributed by atoms with Crippen LogP contribution in [0.25, 0.3) is 0 Å². The van der Waals surface area contributed by atoms with E-state index in [0.717, 1.165) is 17.8 Å². The van der Waals surface area contributed by atoms with Gasteiger partial charge in [0.25, 0.3) is 5.91 Å². The molecule has 1 atom stereocenters. The van der Waals surface area contributed by atoms with Crippen LogP contribution in [-0.2, 0) is 6.54 Å². The van der Waals surface area contributed by atoms with Crippen molar-refractivity contribution in [2.24, 2.45) is 11.1 Å². The molecule has 1 aromatic carbocycles. The van der Waals surface area contributed by atoms with Crippen molar-refractivity contribution in [3.8, 4) is 0 Å². The van der Waals surface area contributed by atoms with Crippen molar-refractivity contribution in [1.29, 1.82) is 0 Å². The zero-order valence-electron chi connectivity index (χ0n) is 14.5. The van der Waals surface area contributed by atoms with Crippen molar-refractivity contribution in [2.75, 3.05) is 18.9 Å². The van der Waals surface area contributed by atoms with E-state index in [9.17, 15) is 4.79 Å². The number of nitrogens with one attached hydrogen (secondary N) is 3. The van der Waals surface area contributed by atoms with E-state index < -0.39 is 0 Å².